The van der Waals surface area contributed by atoms with Crippen molar-refractivity contribution in [1.82, 2.24) is 0 Å². The predicted molar refractivity (Wildman–Crippen MR) is 55.4 cm³/mol. The molecule has 1 aromatic rings. The maximum atomic E-state index is 8.26. The molecule has 0 heterocycles. The Bertz CT molecular complexity index is 355. The number of rotatable bonds is 3. The lowest BCUT2D eigenvalue weighted by atomic mass is 10.3. The molecule has 0 aromatic heterocycles. The highest BCUT2D eigenvalue weighted by molar-refractivity contribution is 6.34. The molecule has 0 aliphatic rings. The summed E-state index contributed by atoms with van der Waals surface area (Å²) < 4.78 is 5.14. The van der Waals surface area contributed by atoms with E-state index in [-0.39, 0.29) is 12.4 Å². The Balaban J connectivity index is 2.71. The van der Waals surface area contributed by atoms with E-state index in [9.17, 15) is 0 Å². The number of hydrogen-bond acceptors (Lipinski definition) is 3. The van der Waals surface area contributed by atoms with Gasteiger partial charge < -0.3 is 15.7 Å². The average Bonchev–Trinajstić information content (AvgIpc) is 2.19. The number of nitrogens with two attached hydrogens (primary N) is 1. The molecule has 1 aromatic carbocycles. The predicted octanol–water partition coefficient (Wildman–Crippen LogP) is 2.12. The minimum Gasteiger partial charge on any atom is -0.484 e. The number of ether oxygens (including phenoxy) is 1. The number of nitrogens with zero attached hydrogens (tertiary/aromatic N) is 1. The molecule has 0 radical (unpaired) electrons. The van der Waals surface area contributed by atoms with Crippen LogP contribution in [0.25, 0.3) is 0 Å². The highest BCUT2D eigenvalue weighted by atomic mass is 35.5. The number of benzene rings is 1. The maximum absolute atomic E-state index is 8.26. The summed E-state index contributed by atoms with van der Waals surface area (Å²) in [5.74, 6) is 0.354. The third kappa shape index (κ3) is 2.97. The molecule has 0 saturated carbocycles. The van der Waals surface area contributed by atoms with Gasteiger partial charge in [0.05, 0.1) is 5.02 Å². The van der Waals surface area contributed by atoms with Gasteiger partial charge in [0.2, 0.25) is 0 Å². The van der Waals surface area contributed by atoms with Gasteiger partial charge in [0, 0.05) is 11.1 Å². The second-order valence-corrected chi connectivity index (χ2v) is 3.30. The summed E-state index contributed by atoms with van der Waals surface area (Å²) in [5.41, 5.74) is 5.21. The molecule has 3 N–H and O–H groups in total. The molecule has 0 bridgehead atoms. The first-order chi connectivity index (χ1) is 6.63. The van der Waals surface area contributed by atoms with Crippen LogP contribution in [-0.2, 0) is 0 Å². The van der Waals surface area contributed by atoms with Crippen molar-refractivity contribution in [3.63, 3.8) is 0 Å². The second kappa shape index (κ2) is 4.93. The molecule has 0 aliphatic heterocycles. The Kier molecular flexibility index (Phi) is 3.85. The van der Waals surface area contributed by atoms with E-state index in [0.29, 0.717) is 15.8 Å². The van der Waals surface area contributed by atoms with Gasteiger partial charge >= 0.3 is 0 Å². The fourth-order valence-corrected chi connectivity index (χ4v) is 1.10. The van der Waals surface area contributed by atoms with E-state index >= 15 is 0 Å². The minimum atomic E-state index is -0.0451. The quantitative estimate of drug-likeness (QED) is 0.365. The van der Waals surface area contributed by atoms with Gasteiger partial charge in [-0.25, -0.2) is 0 Å². The van der Waals surface area contributed by atoms with Crippen LogP contribution in [-0.4, -0.2) is 17.6 Å². The van der Waals surface area contributed by atoms with Crippen molar-refractivity contribution < 1.29 is 9.94 Å². The molecule has 0 amide bonds. The first kappa shape index (κ1) is 10.9. The third-order valence-electron chi connectivity index (χ3n) is 1.40. The molecular weight excluding hydrogens is 227 g/mol. The van der Waals surface area contributed by atoms with Crippen LogP contribution in [0.15, 0.2) is 23.4 Å². The molecule has 1 rings (SSSR count). The fourth-order valence-electron chi connectivity index (χ4n) is 0.768. The summed E-state index contributed by atoms with van der Waals surface area (Å²) in [4.78, 5) is 0. The SMILES string of the molecule is N/C(COc1cc(Cl)ccc1Cl)=N\O. The van der Waals surface area contributed by atoms with Gasteiger partial charge in [-0.3, -0.25) is 0 Å². The number of hydrogen-bond donors (Lipinski definition) is 2. The molecule has 14 heavy (non-hydrogen) atoms. The van der Waals surface area contributed by atoms with Crippen LogP contribution >= 0.6 is 23.2 Å². The second-order valence-electron chi connectivity index (χ2n) is 2.45. The molecule has 0 atom stereocenters. The van der Waals surface area contributed by atoms with E-state index in [0.717, 1.165) is 0 Å². The molecule has 0 unspecified atom stereocenters. The Morgan fingerprint density at radius 3 is 2.86 bits per heavy atom. The van der Waals surface area contributed by atoms with Gasteiger partial charge in [-0.05, 0) is 12.1 Å². The standard InChI is InChI=1S/C8H8Cl2N2O2/c9-5-1-2-6(10)7(3-5)14-4-8(11)12-13/h1-3,13H,4H2,(H2,11,12). The third-order valence-corrected chi connectivity index (χ3v) is 1.94. The van der Waals surface area contributed by atoms with Crippen molar-refractivity contribution in [3.05, 3.63) is 28.2 Å². The summed E-state index contributed by atoms with van der Waals surface area (Å²) >= 11 is 11.5. The Labute approximate surface area is 90.9 Å². The van der Waals surface area contributed by atoms with Crippen molar-refractivity contribution in [1.29, 1.82) is 0 Å². The smallest absolute Gasteiger partial charge is 0.177 e. The molecular formula is C8H8Cl2N2O2. The number of halogens is 2. The van der Waals surface area contributed by atoms with Crippen LogP contribution in [0.2, 0.25) is 10.0 Å². The van der Waals surface area contributed by atoms with Crippen LogP contribution in [0.1, 0.15) is 0 Å². The summed E-state index contributed by atoms with van der Waals surface area (Å²) in [6.45, 7) is -0.0451. The highest BCUT2D eigenvalue weighted by Gasteiger charge is 2.03. The zero-order valence-electron chi connectivity index (χ0n) is 7.08. The van der Waals surface area contributed by atoms with Crippen LogP contribution < -0.4 is 10.5 Å². The Hall–Kier alpha value is -1.13. The van der Waals surface area contributed by atoms with Crippen molar-refractivity contribution in [2.45, 2.75) is 0 Å². The molecule has 0 spiro atoms. The summed E-state index contributed by atoms with van der Waals surface area (Å²) in [7, 11) is 0. The van der Waals surface area contributed by atoms with Gasteiger partial charge in [-0.2, -0.15) is 0 Å². The van der Waals surface area contributed by atoms with E-state index < -0.39 is 0 Å². The Morgan fingerprint density at radius 1 is 1.50 bits per heavy atom. The van der Waals surface area contributed by atoms with Crippen LogP contribution in [0, 0.1) is 0 Å². The minimum absolute atomic E-state index is 0.0407. The lowest BCUT2D eigenvalue weighted by molar-refractivity contribution is 0.306. The van der Waals surface area contributed by atoms with Gasteiger partial charge in [0.15, 0.2) is 5.84 Å². The largest absolute Gasteiger partial charge is 0.484 e. The maximum Gasteiger partial charge on any atom is 0.177 e. The molecule has 0 aliphatic carbocycles. The number of amidine groups is 1. The fraction of sp³-hybridized carbons (Fsp3) is 0.125. The zero-order valence-corrected chi connectivity index (χ0v) is 8.59. The van der Waals surface area contributed by atoms with Crippen LogP contribution in [0.3, 0.4) is 0 Å². The molecule has 0 saturated heterocycles. The zero-order chi connectivity index (χ0) is 10.6. The van der Waals surface area contributed by atoms with E-state index in [1.165, 1.54) is 0 Å². The molecule has 6 heteroatoms. The normalized spacial score (nSPS) is 11.4. The number of oxime groups is 1. The summed E-state index contributed by atoms with van der Waals surface area (Å²) in [6, 6.07) is 4.79. The first-order valence-corrected chi connectivity index (χ1v) is 4.43. The van der Waals surface area contributed by atoms with E-state index in [2.05, 4.69) is 5.16 Å². The van der Waals surface area contributed by atoms with Gasteiger partial charge in [0.1, 0.15) is 12.4 Å². The first-order valence-electron chi connectivity index (χ1n) is 3.67. The van der Waals surface area contributed by atoms with E-state index in [4.69, 9.17) is 38.9 Å². The lowest BCUT2D eigenvalue weighted by Gasteiger charge is -2.06. The van der Waals surface area contributed by atoms with Gasteiger partial charge in [-0.1, -0.05) is 28.4 Å². The van der Waals surface area contributed by atoms with Crippen molar-refractivity contribution in [2.75, 3.05) is 6.61 Å². The lowest BCUT2D eigenvalue weighted by Crippen LogP contribution is -2.20. The molecule has 0 fully saturated rings. The molecule has 4 nitrogen and oxygen atoms in total. The van der Waals surface area contributed by atoms with Crippen LogP contribution in [0.4, 0.5) is 0 Å². The van der Waals surface area contributed by atoms with Crippen LogP contribution in [0.5, 0.6) is 5.75 Å². The molecule has 76 valence electrons. The van der Waals surface area contributed by atoms with Gasteiger partial charge in [0.25, 0.3) is 0 Å². The topological polar surface area (TPSA) is 67.8 Å². The Morgan fingerprint density at radius 2 is 2.21 bits per heavy atom. The monoisotopic (exact) mass is 234 g/mol. The summed E-state index contributed by atoms with van der Waals surface area (Å²) in [5, 5.41) is 11.9. The van der Waals surface area contributed by atoms with Crippen molar-refractivity contribution in [3.8, 4) is 5.75 Å². The van der Waals surface area contributed by atoms with E-state index in [1.54, 1.807) is 18.2 Å². The van der Waals surface area contributed by atoms with Gasteiger partial charge in [-0.15, -0.1) is 0 Å². The van der Waals surface area contributed by atoms with Crippen molar-refractivity contribution >= 4 is 29.0 Å². The van der Waals surface area contributed by atoms with Crippen molar-refractivity contribution in [2.24, 2.45) is 10.9 Å². The van der Waals surface area contributed by atoms with E-state index in [1.807, 2.05) is 0 Å². The summed E-state index contributed by atoms with van der Waals surface area (Å²) in [6.07, 6.45) is 0. The highest BCUT2D eigenvalue weighted by Crippen LogP contribution is 2.27. The average molecular weight is 235 g/mol.